The second kappa shape index (κ2) is 8.47. The Morgan fingerprint density at radius 3 is 2.62 bits per heavy atom. The average molecular weight is 334 g/mol. The average Bonchev–Trinajstić information content (AvgIpc) is 2.79. The molecule has 120 valence electrons. The van der Waals surface area contributed by atoms with E-state index in [-0.39, 0.29) is 10.8 Å². The van der Waals surface area contributed by atoms with Crippen LogP contribution < -0.4 is 10.5 Å². The summed E-state index contributed by atoms with van der Waals surface area (Å²) in [6, 6.07) is 1.32. The van der Waals surface area contributed by atoms with Crippen molar-refractivity contribution in [3.8, 4) is 0 Å². The maximum absolute atomic E-state index is 11.9. The number of aryl methyl sites for hydroxylation is 1. The predicted molar refractivity (Wildman–Crippen MR) is 83.1 cm³/mol. The molecule has 3 N–H and O–H groups in total. The third-order valence-corrected chi connectivity index (χ3v) is 5.01. The van der Waals surface area contributed by atoms with Gasteiger partial charge in [-0.1, -0.05) is 13.3 Å². The fourth-order valence-electron chi connectivity index (χ4n) is 1.67. The van der Waals surface area contributed by atoms with E-state index in [2.05, 4.69) is 12.2 Å². The van der Waals surface area contributed by atoms with Crippen molar-refractivity contribution in [2.45, 2.75) is 38.0 Å². The standard InChI is InChI=1S/C13H22N2O4S2/c1-3-4-7-19-8-5-6-15-13(16)11-9-12(10(2)20-11)21(14,17)18/h9H,3-8H2,1-2H3,(H,15,16)(H2,14,17,18). The van der Waals surface area contributed by atoms with Gasteiger partial charge >= 0.3 is 0 Å². The number of hydrogen-bond donors (Lipinski definition) is 2. The molecule has 0 saturated carbocycles. The first-order chi connectivity index (χ1) is 9.86. The molecule has 0 aromatic carbocycles. The summed E-state index contributed by atoms with van der Waals surface area (Å²) in [7, 11) is -3.77. The summed E-state index contributed by atoms with van der Waals surface area (Å²) in [5, 5.41) is 7.82. The third-order valence-electron chi connectivity index (χ3n) is 2.80. The molecule has 0 spiro atoms. The molecule has 21 heavy (non-hydrogen) atoms. The molecule has 0 unspecified atom stereocenters. The van der Waals surface area contributed by atoms with E-state index in [1.54, 1.807) is 6.92 Å². The van der Waals surface area contributed by atoms with E-state index < -0.39 is 10.0 Å². The van der Waals surface area contributed by atoms with Gasteiger partial charge < -0.3 is 10.1 Å². The van der Waals surface area contributed by atoms with Gasteiger partial charge in [0, 0.05) is 24.6 Å². The second-order valence-electron chi connectivity index (χ2n) is 4.65. The highest BCUT2D eigenvalue weighted by molar-refractivity contribution is 7.89. The Hall–Kier alpha value is -0.960. The zero-order valence-corrected chi connectivity index (χ0v) is 14.0. The van der Waals surface area contributed by atoms with Crippen LogP contribution >= 0.6 is 11.3 Å². The van der Waals surface area contributed by atoms with Gasteiger partial charge in [-0.25, -0.2) is 13.6 Å². The fraction of sp³-hybridized carbons (Fsp3) is 0.615. The number of sulfonamides is 1. The van der Waals surface area contributed by atoms with Crippen molar-refractivity contribution in [1.29, 1.82) is 0 Å². The van der Waals surface area contributed by atoms with Gasteiger partial charge in [-0.05, 0) is 25.8 Å². The highest BCUT2D eigenvalue weighted by Crippen LogP contribution is 2.24. The Balaban J connectivity index is 2.40. The van der Waals surface area contributed by atoms with Gasteiger partial charge in [-0.15, -0.1) is 11.3 Å². The second-order valence-corrected chi connectivity index (χ2v) is 7.44. The Morgan fingerprint density at radius 1 is 1.38 bits per heavy atom. The van der Waals surface area contributed by atoms with Crippen LogP contribution in [-0.2, 0) is 14.8 Å². The van der Waals surface area contributed by atoms with E-state index in [0.717, 1.165) is 37.2 Å². The molecular formula is C13H22N2O4S2. The van der Waals surface area contributed by atoms with Crippen LogP contribution in [0.1, 0.15) is 40.7 Å². The normalized spacial score (nSPS) is 11.6. The third kappa shape index (κ3) is 6.13. The van der Waals surface area contributed by atoms with Crippen LogP contribution in [0.25, 0.3) is 0 Å². The van der Waals surface area contributed by atoms with Gasteiger partial charge in [0.2, 0.25) is 10.0 Å². The lowest BCUT2D eigenvalue weighted by Crippen LogP contribution is -2.24. The lowest BCUT2D eigenvalue weighted by atomic mass is 10.3. The molecule has 8 heteroatoms. The molecule has 0 aliphatic rings. The summed E-state index contributed by atoms with van der Waals surface area (Å²) in [6.07, 6.45) is 2.86. The minimum Gasteiger partial charge on any atom is -0.381 e. The summed E-state index contributed by atoms with van der Waals surface area (Å²) >= 11 is 1.12. The first-order valence-electron chi connectivity index (χ1n) is 6.85. The van der Waals surface area contributed by atoms with E-state index >= 15 is 0 Å². The summed E-state index contributed by atoms with van der Waals surface area (Å²) < 4.78 is 28.0. The van der Waals surface area contributed by atoms with Gasteiger partial charge in [0.15, 0.2) is 0 Å². The van der Waals surface area contributed by atoms with E-state index in [1.807, 2.05) is 0 Å². The van der Waals surface area contributed by atoms with Gasteiger partial charge in [0.05, 0.1) is 9.77 Å². The van der Waals surface area contributed by atoms with Crippen LogP contribution in [0, 0.1) is 6.92 Å². The number of nitrogens with two attached hydrogens (primary N) is 1. The Morgan fingerprint density at radius 2 is 2.05 bits per heavy atom. The highest BCUT2D eigenvalue weighted by atomic mass is 32.2. The number of unbranched alkanes of at least 4 members (excludes halogenated alkanes) is 1. The summed E-state index contributed by atoms with van der Waals surface area (Å²) in [5.74, 6) is -0.286. The molecule has 1 rings (SSSR count). The lowest BCUT2D eigenvalue weighted by Gasteiger charge is -2.04. The number of nitrogens with one attached hydrogen (secondary N) is 1. The number of rotatable bonds is 9. The minimum absolute atomic E-state index is 0.0144. The van der Waals surface area contributed by atoms with Crippen molar-refractivity contribution in [1.82, 2.24) is 5.32 Å². The van der Waals surface area contributed by atoms with Crippen molar-refractivity contribution in [3.63, 3.8) is 0 Å². The number of carbonyl (C=O) groups excluding carboxylic acids is 1. The zero-order chi connectivity index (χ0) is 15.9. The van der Waals surface area contributed by atoms with Gasteiger partial charge in [-0.2, -0.15) is 0 Å². The molecule has 0 fully saturated rings. The molecule has 1 heterocycles. The largest absolute Gasteiger partial charge is 0.381 e. The molecule has 0 bridgehead atoms. The Bertz CT molecular complexity index is 567. The van der Waals surface area contributed by atoms with E-state index in [1.165, 1.54) is 6.07 Å². The molecule has 1 amide bonds. The zero-order valence-electron chi connectivity index (χ0n) is 12.3. The molecule has 0 aliphatic carbocycles. The number of carbonyl (C=O) groups is 1. The molecule has 1 aromatic rings. The number of hydrogen-bond acceptors (Lipinski definition) is 5. The fourth-order valence-corrected chi connectivity index (χ4v) is 3.73. The first-order valence-corrected chi connectivity index (χ1v) is 9.21. The van der Waals surface area contributed by atoms with Crippen molar-refractivity contribution < 1.29 is 17.9 Å². The van der Waals surface area contributed by atoms with E-state index in [0.29, 0.717) is 22.9 Å². The first kappa shape index (κ1) is 18.1. The van der Waals surface area contributed by atoms with Crippen LogP contribution in [0.5, 0.6) is 0 Å². The Labute approximate surface area is 129 Å². The highest BCUT2D eigenvalue weighted by Gasteiger charge is 2.18. The van der Waals surface area contributed by atoms with Crippen LogP contribution in [0.15, 0.2) is 11.0 Å². The molecular weight excluding hydrogens is 312 g/mol. The van der Waals surface area contributed by atoms with Gasteiger partial charge in [0.1, 0.15) is 0 Å². The van der Waals surface area contributed by atoms with Crippen LogP contribution in [0.4, 0.5) is 0 Å². The Kier molecular flexibility index (Phi) is 7.30. The number of ether oxygens (including phenoxy) is 1. The van der Waals surface area contributed by atoms with Crippen LogP contribution in [-0.4, -0.2) is 34.1 Å². The molecule has 0 saturated heterocycles. The smallest absolute Gasteiger partial charge is 0.261 e. The SMILES string of the molecule is CCCCOCCCNC(=O)c1cc(S(N)(=O)=O)c(C)s1. The number of thiophene rings is 1. The summed E-state index contributed by atoms with van der Waals surface area (Å²) in [6.45, 7) is 5.57. The minimum atomic E-state index is -3.77. The molecule has 0 aliphatic heterocycles. The monoisotopic (exact) mass is 334 g/mol. The van der Waals surface area contributed by atoms with Crippen molar-refractivity contribution >= 4 is 27.3 Å². The molecule has 0 atom stereocenters. The predicted octanol–water partition coefficient (Wildman–Crippen LogP) is 1.64. The van der Waals surface area contributed by atoms with E-state index in [9.17, 15) is 13.2 Å². The van der Waals surface area contributed by atoms with Gasteiger partial charge in [0.25, 0.3) is 5.91 Å². The quantitative estimate of drug-likeness (QED) is 0.671. The van der Waals surface area contributed by atoms with Crippen LogP contribution in [0.2, 0.25) is 0 Å². The summed E-state index contributed by atoms with van der Waals surface area (Å²) in [4.78, 5) is 12.8. The lowest BCUT2D eigenvalue weighted by molar-refractivity contribution is 0.0944. The van der Waals surface area contributed by atoms with Crippen LogP contribution in [0.3, 0.4) is 0 Å². The maximum atomic E-state index is 11.9. The molecule has 0 radical (unpaired) electrons. The van der Waals surface area contributed by atoms with Crippen molar-refractivity contribution in [2.75, 3.05) is 19.8 Å². The van der Waals surface area contributed by atoms with Crippen molar-refractivity contribution in [3.05, 3.63) is 15.8 Å². The molecule has 6 nitrogen and oxygen atoms in total. The number of amides is 1. The van der Waals surface area contributed by atoms with E-state index in [4.69, 9.17) is 9.88 Å². The van der Waals surface area contributed by atoms with Crippen molar-refractivity contribution in [2.24, 2.45) is 5.14 Å². The van der Waals surface area contributed by atoms with Gasteiger partial charge in [-0.3, -0.25) is 4.79 Å². The summed E-state index contributed by atoms with van der Waals surface area (Å²) in [5.41, 5.74) is 0. The maximum Gasteiger partial charge on any atom is 0.261 e. The number of primary sulfonamides is 1. The topological polar surface area (TPSA) is 98.5 Å². The molecule has 1 aromatic heterocycles.